The Morgan fingerprint density at radius 2 is 1.90 bits per heavy atom. The third kappa shape index (κ3) is 14.7. The molecule has 328 valence electrons. The monoisotopic (exact) mass is 873 g/mol. The first-order valence-corrected chi connectivity index (χ1v) is 22.0. The van der Waals surface area contributed by atoms with Crippen LogP contribution in [0.25, 0.3) is 0 Å². The van der Waals surface area contributed by atoms with Gasteiger partial charge in [0.05, 0.1) is 41.1 Å². The van der Waals surface area contributed by atoms with E-state index in [2.05, 4.69) is 15.3 Å². The number of thiazole rings is 1. The molecule has 2 aromatic heterocycles. The van der Waals surface area contributed by atoms with Crippen LogP contribution in [-0.4, -0.2) is 117 Å². The highest BCUT2D eigenvalue weighted by molar-refractivity contribution is 7.89. The number of carbonyl (C=O) groups excluding carboxylic acids is 1. The number of methoxy groups -OCH3 is 1. The van der Waals surface area contributed by atoms with Gasteiger partial charge in [-0.15, -0.1) is 11.3 Å². The quantitative estimate of drug-likeness (QED) is 0.0775. The number of imidazole rings is 1. The molecular formula is C41H55N5O12S2. The summed E-state index contributed by atoms with van der Waals surface area (Å²) in [5.74, 6) is 1.14. The molecule has 0 aliphatic carbocycles. The SMILES string of the molecule is COCCC1CCOC1.Cc1nc(COc2ccc(C[C@H](NC(=O)O)C(CN(CC(C)C)S(=O)(=O)c3ccc4c(c3)OCO4)OC(=O)COCCn3ccnc3)cc2)cs1. The van der Waals surface area contributed by atoms with E-state index in [4.69, 9.17) is 33.2 Å². The molecule has 0 bridgehead atoms. The highest BCUT2D eigenvalue weighted by Crippen LogP contribution is 2.35. The number of carbonyl (C=O) groups is 2. The fourth-order valence-electron chi connectivity index (χ4n) is 6.40. The molecule has 0 spiro atoms. The van der Waals surface area contributed by atoms with Crippen molar-refractivity contribution in [1.82, 2.24) is 24.2 Å². The third-order valence-corrected chi connectivity index (χ3v) is 12.1. The lowest BCUT2D eigenvalue weighted by molar-refractivity contribution is -0.156. The van der Waals surface area contributed by atoms with Crippen molar-refractivity contribution in [3.63, 3.8) is 0 Å². The molecule has 6 rings (SSSR count). The number of amides is 1. The van der Waals surface area contributed by atoms with E-state index in [1.54, 1.807) is 54.7 Å². The smallest absolute Gasteiger partial charge is 0.405 e. The maximum atomic E-state index is 14.1. The maximum absolute atomic E-state index is 14.1. The number of aromatic nitrogens is 3. The van der Waals surface area contributed by atoms with Gasteiger partial charge in [0.2, 0.25) is 16.8 Å². The number of fused-ring (bicyclic) bond motifs is 1. The van der Waals surface area contributed by atoms with E-state index in [0.717, 1.165) is 42.9 Å². The fraction of sp³-hybridized carbons (Fsp3) is 0.512. The summed E-state index contributed by atoms with van der Waals surface area (Å²) in [6.45, 7) is 8.55. The van der Waals surface area contributed by atoms with Crippen molar-refractivity contribution in [1.29, 1.82) is 0 Å². The molecule has 4 aromatic rings. The Balaban J connectivity index is 0.000000671. The molecule has 2 N–H and O–H groups in total. The number of esters is 1. The van der Waals surface area contributed by atoms with Gasteiger partial charge in [-0.1, -0.05) is 26.0 Å². The average Bonchev–Trinajstić information content (AvgIpc) is 4.07. The lowest BCUT2D eigenvalue weighted by Crippen LogP contribution is -2.52. The number of hydrogen-bond acceptors (Lipinski definition) is 14. The van der Waals surface area contributed by atoms with Gasteiger partial charge in [-0.05, 0) is 67.9 Å². The van der Waals surface area contributed by atoms with Crippen molar-refractivity contribution < 1.29 is 56.3 Å². The van der Waals surface area contributed by atoms with Gasteiger partial charge in [0, 0.05) is 63.9 Å². The Labute approximate surface area is 354 Å². The summed E-state index contributed by atoms with van der Waals surface area (Å²) < 4.78 is 69.4. The molecule has 1 amide bonds. The number of hydrogen-bond donors (Lipinski definition) is 2. The van der Waals surface area contributed by atoms with Crippen LogP contribution in [0.15, 0.2) is 71.5 Å². The number of ether oxygens (including phenoxy) is 7. The Hall–Kier alpha value is -4.79. The van der Waals surface area contributed by atoms with Gasteiger partial charge < -0.3 is 48.1 Å². The molecular weight excluding hydrogens is 819 g/mol. The molecule has 1 fully saturated rings. The maximum Gasteiger partial charge on any atom is 0.405 e. The lowest BCUT2D eigenvalue weighted by Gasteiger charge is -2.32. The lowest BCUT2D eigenvalue weighted by atomic mass is 10.0. The van der Waals surface area contributed by atoms with E-state index >= 15 is 0 Å². The van der Waals surface area contributed by atoms with E-state index in [1.165, 1.54) is 40.3 Å². The summed E-state index contributed by atoms with van der Waals surface area (Å²) in [5.41, 5.74) is 1.50. The minimum Gasteiger partial charge on any atom is -0.487 e. The standard InChI is InChI=1S/C34H41N5O10S2.C7H14O2/c1-23(2)16-39(51(43,44)28-8-9-30-31(15-28)48-22-47-30)17-32(49-33(40)19-45-13-12-38-11-10-35-21-38)29(37-34(41)42)14-25-4-6-27(7-5-25)46-18-26-20-50-24(3)36-26;1-8-4-2-7-3-5-9-6-7/h4-11,15,20-21,23,29,32,37H,12-14,16-19,22H2,1-3H3,(H,41,42);7H,2-6H2,1H3/t29-,32?;/m0./s1. The minimum absolute atomic E-state index is 0.0297. The molecule has 3 atom stereocenters. The van der Waals surface area contributed by atoms with Crippen molar-refractivity contribution in [2.45, 2.75) is 70.2 Å². The highest BCUT2D eigenvalue weighted by atomic mass is 32.2. The second-order valence-electron chi connectivity index (χ2n) is 14.7. The van der Waals surface area contributed by atoms with E-state index in [0.29, 0.717) is 30.2 Å². The van der Waals surface area contributed by atoms with Gasteiger partial charge in [-0.25, -0.2) is 28.0 Å². The predicted octanol–water partition coefficient (Wildman–Crippen LogP) is 5.17. The number of nitrogens with zero attached hydrogens (tertiary/aromatic N) is 4. The van der Waals surface area contributed by atoms with Gasteiger partial charge in [0.15, 0.2) is 11.5 Å². The molecule has 19 heteroatoms. The second kappa shape index (κ2) is 23.3. The molecule has 60 heavy (non-hydrogen) atoms. The van der Waals surface area contributed by atoms with Gasteiger partial charge in [0.1, 0.15) is 25.1 Å². The van der Waals surface area contributed by atoms with Gasteiger partial charge in [-0.3, -0.25) is 0 Å². The van der Waals surface area contributed by atoms with Crippen LogP contribution >= 0.6 is 11.3 Å². The molecule has 2 unspecified atom stereocenters. The van der Waals surface area contributed by atoms with Crippen LogP contribution < -0.4 is 19.5 Å². The molecule has 1 saturated heterocycles. The van der Waals surface area contributed by atoms with Gasteiger partial charge >= 0.3 is 12.1 Å². The Morgan fingerprint density at radius 1 is 1.10 bits per heavy atom. The summed E-state index contributed by atoms with van der Waals surface area (Å²) in [6.07, 6.45) is 4.83. The topological polar surface area (TPSA) is 199 Å². The van der Waals surface area contributed by atoms with Crippen LogP contribution in [0.5, 0.6) is 17.2 Å². The minimum atomic E-state index is -4.19. The number of nitrogens with one attached hydrogen (secondary N) is 1. The highest BCUT2D eigenvalue weighted by Gasteiger charge is 2.35. The second-order valence-corrected chi connectivity index (χ2v) is 17.7. The first kappa shape index (κ1) is 46.3. The molecule has 2 aliphatic heterocycles. The van der Waals surface area contributed by atoms with E-state index in [9.17, 15) is 23.1 Å². The zero-order chi connectivity index (χ0) is 42.9. The molecule has 0 saturated carbocycles. The Bertz CT molecular complexity index is 2020. The van der Waals surface area contributed by atoms with Crippen LogP contribution in [0, 0.1) is 18.8 Å². The van der Waals surface area contributed by atoms with Gasteiger partial charge in [0.25, 0.3) is 0 Å². The third-order valence-electron chi connectivity index (χ3n) is 9.43. The molecule has 0 radical (unpaired) electrons. The van der Waals surface area contributed by atoms with Crippen LogP contribution in [-0.2, 0) is 53.3 Å². The molecule has 4 heterocycles. The van der Waals surface area contributed by atoms with Crippen LogP contribution in [0.1, 0.15) is 43.0 Å². The fourth-order valence-corrected chi connectivity index (χ4v) is 8.63. The molecule has 2 aliphatic rings. The average molecular weight is 874 g/mol. The zero-order valence-electron chi connectivity index (χ0n) is 34.4. The van der Waals surface area contributed by atoms with Crippen LogP contribution in [0.2, 0.25) is 0 Å². The first-order chi connectivity index (χ1) is 28.9. The Kier molecular flexibility index (Phi) is 18.0. The van der Waals surface area contributed by atoms with Crippen LogP contribution in [0.3, 0.4) is 0 Å². The number of rotatable bonds is 22. The first-order valence-electron chi connectivity index (χ1n) is 19.7. The summed E-state index contributed by atoms with van der Waals surface area (Å²) in [7, 11) is -2.45. The summed E-state index contributed by atoms with van der Waals surface area (Å²) in [4.78, 5) is 33.6. The van der Waals surface area contributed by atoms with Crippen molar-refractivity contribution >= 4 is 33.4 Å². The number of benzene rings is 2. The van der Waals surface area contributed by atoms with E-state index in [1.807, 2.05) is 26.2 Å². The normalized spacial score (nSPS) is 15.7. The van der Waals surface area contributed by atoms with Crippen molar-refractivity contribution in [3.05, 3.63) is 82.8 Å². The molecule has 2 aromatic carbocycles. The summed E-state index contributed by atoms with van der Waals surface area (Å²) in [6, 6.07) is 10.3. The predicted molar refractivity (Wildman–Crippen MR) is 221 cm³/mol. The summed E-state index contributed by atoms with van der Waals surface area (Å²) in [5, 5.41) is 15.2. The summed E-state index contributed by atoms with van der Waals surface area (Å²) >= 11 is 1.53. The Morgan fingerprint density at radius 3 is 2.57 bits per heavy atom. The molecule has 17 nitrogen and oxygen atoms in total. The zero-order valence-corrected chi connectivity index (χ0v) is 36.0. The largest absolute Gasteiger partial charge is 0.487 e. The number of sulfonamides is 1. The van der Waals surface area contributed by atoms with E-state index in [-0.39, 0.29) is 49.5 Å². The van der Waals surface area contributed by atoms with Gasteiger partial charge in [-0.2, -0.15) is 4.31 Å². The van der Waals surface area contributed by atoms with Crippen LogP contribution in [0.4, 0.5) is 4.79 Å². The van der Waals surface area contributed by atoms with Crippen molar-refractivity contribution in [2.75, 3.05) is 60.0 Å². The van der Waals surface area contributed by atoms with Crippen molar-refractivity contribution in [3.8, 4) is 17.2 Å². The van der Waals surface area contributed by atoms with E-state index < -0.39 is 40.8 Å². The van der Waals surface area contributed by atoms with Crippen molar-refractivity contribution in [2.24, 2.45) is 11.8 Å². The number of aryl methyl sites for hydroxylation is 1. The number of carboxylic acid groups (broad SMARTS) is 1.